The monoisotopic (exact) mass is 266 g/mol. The summed E-state index contributed by atoms with van der Waals surface area (Å²) in [6.45, 7) is 7.27. The van der Waals surface area contributed by atoms with E-state index in [0.717, 1.165) is 38.4 Å². The van der Waals surface area contributed by atoms with E-state index < -0.39 is 12.0 Å². The summed E-state index contributed by atoms with van der Waals surface area (Å²) in [7, 11) is 0. The number of hydrogen-bond acceptors (Lipinski definition) is 4. The number of carbonyl (C=O) groups is 1. The van der Waals surface area contributed by atoms with Crippen LogP contribution in [0, 0.1) is 0 Å². The zero-order valence-electron chi connectivity index (χ0n) is 11.6. The van der Waals surface area contributed by atoms with E-state index >= 15 is 0 Å². The zero-order valence-corrected chi connectivity index (χ0v) is 11.6. The Kier molecular flexibility index (Phi) is 4.61. The van der Waals surface area contributed by atoms with Crippen molar-refractivity contribution in [3.05, 3.63) is 24.2 Å². The van der Waals surface area contributed by atoms with Crippen LogP contribution in [0.2, 0.25) is 0 Å². The van der Waals surface area contributed by atoms with Crippen LogP contribution in [0.15, 0.2) is 22.8 Å². The predicted molar refractivity (Wildman–Crippen MR) is 72.0 cm³/mol. The first-order valence-electron chi connectivity index (χ1n) is 6.87. The molecule has 1 aromatic rings. The van der Waals surface area contributed by atoms with Crippen LogP contribution in [0.5, 0.6) is 0 Å². The molecule has 5 nitrogen and oxygen atoms in total. The minimum Gasteiger partial charge on any atom is -0.480 e. The molecule has 1 fully saturated rings. The molecule has 5 heteroatoms. The molecule has 1 aliphatic rings. The van der Waals surface area contributed by atoms with Crippen molar-refractivity contribution in [2.75, 3.05) is 26.2 Å². The summed E-state index contributed by atoms with van der Waals surface area (Å²) in [4.78, 5) is 15.4. The lowest BCUT2D eigenvalue weighted by molar-refractivity contribution is -0.143. The van der Waals surface area contributed by atoms with Gasteiger partial charge in [0.25, 0.3) is 0 Å². The Labute approximate surface area is 113 Å². The predicted octanol–water partition coefficient (Wildman–Crippen LogP) is 1.82. The lowest BCUT2D eigenvalue weighted by Gasteiger charge is -2.39. The van der Waals surface area contributed by atoms with Gasteiger partial charge in [0.05, 0.1) is 12.3 Å². The molecule has 2 unspecified atom stereocenters. The zero-order chi connectivity index (χ0) is 13.8. The summed E-state index contributed by atoms with van der Waals surface area (Å²) in [5, 5.41) is 9.04. The number of rotatable bonds is 5. The molecule has 0 amide bonds. The van der Waals surface area contributed by atoms with Crippen LogP contribution in [-0.4, -0.2) is 53.1 Å². The van der Waals surface area contributed by atoms with Crippen LogP contribution in [0.1, 0.15) is 32.1 Å². The number of hydrogen-bond donors (Lipinski definition) is 1. The van der Waals surface area contributed by atoms with Gasteiger partial charge in [-0.25, -0.2) is 0 Å². The van der Waals surface area contributed by atoms with Gasteiger partial charge in [0.1, 0.15) is 11.8 Å². The smallest absolute Gasteiger partial charge is 0.320 e. The van der Waals surface area contributed by atoms with Gasteiger partial charge in [0, 0.05) is 26.2 Å². The molecule has 106 valence electrons. The maximum Gasteiger partial charge on any atom is 0.320 e. The van der Waals surface area contributed by atoms with Gasteiger partial charge < -0.3 is 9.52 Å². The molecule has 1 N–H and O–H groups in total. The maximum atomic E-state index is 11.0. The summed E-state index contributed by atoms with van der Waals surface area (Å²) >= 11 is 0. The van der Waals surface area contributed by atoms with E-state index in [2.05, 4.69) is 11.8 Å². The van der Waals surface area contributed by atoms with Gasteiger partial charge >= 0.3 is 5.97 Å². The topological polar surface area (TPSA) is 56.9 Å². The van der Waals surface area contributed by atoms with Crippen molar-refractivity contribution in [1.82, 2.24) is 9.80 Å². The molecule has 0 aliphatic carbocycles. The molecule has 0 bridgehead atoms. The Morgan fingerprint density at radius 2 is 2.00 bits per heavy atom. The van der Waals surface area contributed by atoms with E-state index in [-0.39, 0.29) is 0 Å². The highest BCUT2D eigenvalue weighted by molar-refractivity contribution is 5.72. The number of piperazine rings is 1. The molecule has 2 atom stereocenters. The fourth-order valence-corrected chi connectivity index (χ4v) is 2.71. The van der Waals surface area contributed by atoms with Gasteiger partial charge in [0.2, 0.25) is 0 Å². The van der Waals surface area contributed by atoms with Crippen molar-refractivity contribution in [3.63, 3.8) is 0 Å². The molecule has 1 saturated heterocycles. The van der Waals surface area contributed by atoms with Gasteiger partial charge in [-0.05, 0) is 25.5 Å². The molecule has 0 spiro atoms. The van der Waals surface area contributed by atoms with Crippen LogP contribution in [0.4, 0.5) is 0 Å². The third-order valence-corrected chi connectivity index (χ3v) is 3.95. The van der Waals surface area contributed by atoms with E-state index in [9.17, 15) is 4.79 Å². The Bertz CT molecular complexity index is 397. The fraction of sp³-hybridized carbons (Fsp3) is 0.643. The quantitative estimate of drug-likeness (QED) is 0.881. The Morgan fingerprint density at radius 3 is 2.47 bits per heavy atom. The second-order valence-electron chi connectivity index (χ2n) is 5.03. The number of nitrogens with zero attached hydrogens (tertiary/aromatic N) is 2. The van der Waals surface area contributed by atoms with E-state index in [4.69, 9.17) is 9.52 Å². The van der Waals surface area contributed by atoms with Crippen molar-refractivity contribution in [2.45, 2.75) is 32.4 Å². The second kappa shape index (κ2) is 6.21. The van der Waals surface area contributed by atoms with E-state index in [1.807, 2.05) is 17.0 Å². The summed E-state index contributed by atoms with van der Waals surface area (Å²) in [5.41, 5.74) is 0. The molecule has 2 rings (SSSR count). The lowest BCUT2D eigenvalue weighted by Crippen LogP contribution is -2.52. The first kappa shape index (κ1) is 14.1. The number of carboxylic acid groups (broad SMARTS) is 1. The molecule has 1 aliphatic heterocycles. The van der Waals surface area contributed by atoms with Crippen molar-refractivity contribution in [3.8, 4) is 0 Å². The maximum absolute atomic E-state index is 11.0. The normalized spacial score (nSPS) is 21.2. The average molecular weight is 266 g/mol. The highest BCUT2D eigenvalue weighted by Gasteiger charge is 2.29. The van der Waals surface area contributed by atoms with Crippen LogP contribution in [0.25, 0.3) is 0 Å². The number of furan rings is 1. The first-order chi connectivity index (χ1) is 9.13. The molecule has 19 heavy (non-hydrogen) atoms. The van der Waals surface area contributed by atoms with Crippen molar-refractivity contribution < 1.29 is 14.3 Å². The Balaban J connectivity index is 1.94. The largest absolute Gasteiger partial charge is 0.480 e. The first-order valence-corrected chi connectivity index (χ1v) is 6.87. The van der Waals surface area contributed by atoms with Gasteiger partial charge in [-0.2, -0.15) is 0 Å². The third-order valence-electron chi connectivity index (χ3n) is 3.95. The van der Waals surface area contributed by atoms with Gasteiger partial charge in [-0.3, -0.25) is 14.6 Å². The Hall–Kier alpha value is -1.33. The van der Waals surface area contributed by atoms with Gasteiger partial charge in [0.15, 0.2) is 0 Å². The van der Waals surface area contributed by atoms with Gasteiger partial charge in [-0.1, -0.05) is 6.92 Å². The molecular weight excluding hydrogens is 244 g/mol. The molecule has 0 saturated carbocycles. The highest BCUT2D eigenvalue weighted by Crippen LogP contribution is 2.25. The van der Waals surface area contributed by atoms with Crippen LogP contribution >= 0.6 is 0 Å². The summed E-state index contributed by atoms with van der Waals surface area (Å²) in [5.74, 6) is 0.258. The minimum atomic E-state index is -0.744. The molecule has 1 aromatic heterocycles. The van der Waals surface area contributed by atoms with Gasteiger partial charge in [-0.15, -0.1) is 0 Å². The average Bonchev–Trinajstić information content (AvgIpc) is 2.93. The fourth-order valence-electron chi connectivity index (χ4n) is 2.71. The van der Waals surface area contributed by atoms with Crippen LogP contribution in [-0.2, 0) is 4.79 Å². The van der Waals surface area contributed by atoms with E-state index in [0.29, 0.717) is 6.04 Å². The van der Waals surface area contributed by atoms with Crippen LogP contribution < -0.4 is 0 Å². The molecule has 0 radical (unpaired) electrons. The summed E-state index contributed by atoms with van der Waals surface area (Å²) < 4.78 is 5.50. The molecular formula is C14H22N2O3. The SMILES string of the molecule is CCC(c1ccco1)N1CCN(C(C)C(=O)O)CC1. The number of carboxylic acids is 1. The molecule has 0 aromatic carbocycles. The lowest BCUT2D eigenvalue weighted by atomic mass is 10.1. The highest BCUT2D eigenvalue weighted by atomic mass is 16.4. The summed E-state index contributed by atoms with van der Waals surface area (Å²) in [6.07, 6.45) is 2.71. The number of aliphatic carboxylic acids is 1. The van der Waals surface area contributed by atoms with Crippen molar-refractivity contribution >= 4 is 5.97 Å². The third kappa shape index (κ3) is 3.16. The van der Waals surface area contributed by atoms with E-state index in [1.54, 1.807) is 13.2 Å². The molecule has 2 heterocycles. The van der Waals surface area contributed by atoms with E-state index in [1.165, 1.54) is 0 Å². The summed E-state index contributed by atoms with van der Waals surface area (Å²) in [6, 6.07) is 3.84. The van der Waals surface area contributed by atoms with Crippen molar-refractivity contribution in [1.29, 1.82) is 0 Å². The Morgan fingerprint density at radius 1 is 1.37 bits per heavy atom. The second-order valence-corrected chi connectivity index (χ2v) is 5.03. The van der Waals surface area contributed by atoms with Crippen LogP contribution in [0.3, 0.4) is 0 Å². The van der Waals surface area contributed by atoms with Crippen molar-refractivity contribution in [2.24, 2.45) is 0 Å². The minimum absolute atomic E-state index is 0.303. The standard InChI is InChI=1S/C14H22N2O3/c1-3-12(13-5-4-10-19-13)16-8-6-15(7-9-16)11(2)14(17)18/h4-5,10-12H,3,6-9H2,1-2H3,(H,17,18).